The van der Waals surface area contributed by atoms with E-state index in [4.69, 9.17) is 0 Å². The molecule has 1 unspecified atom stereocenters. The Morgan fingerprint density at radius 2 is 1.87 bits per heavy atom. The summed E-state index contributed by atoms with van der Waals surface area (Å²) in [6.45, 7) is 7.93. The van der Waals surface area contributed by atoms with E-state index in [1.54, 1.807) is 30.6 Å². The van der Waals surface area contributed by atoms with Gasteiger partial charge in [0, 0.05) is 17.7 Å². The smallest absolute Gasteiger partial charge is 0.224 e. The molecule has 156 valence electrons. The molecular formula is C23H26N4O2S. The molecule has 0 aliphatic heterocycles. The van der Waals surface area contributed by atoms with Crippen LogP contribution in [0.5, 0.6) is 0 Å². The minimum absolute atomic E-state index is 0.00149. The van der Waals surface area contributed by atoms with Crippen molar-refractivity contribution < 1.29 is 9.59 Å². The number of carbonyl (C=O) groups is 2. The monoisotopic (exact) mass is 422 g/mol. The molecular weight excluding hydrogens is 396 g/mol. The van der Waals surface area contributed by atoms with Crippen LogP contribution in [-0.4, -0.2) is 31.7 Å². The van der Waals surface area contributed by atoms with Crippen LogP contribution in [0.2, 0.25) is 0 Å². The molecule has 1 heterocycles. The second-order valence-electron chi connectivity index (χ2n) is 7.27. The molecule has 3 rings (SSSR count). The summed E-state index contributed by atoms with van der Waals surface area (Å²) < 4.78 is 1.91. The van der Waals surface area contributed by atoms with Crippen molar-refractivity contribution in [2.24, 2.45) is 0 Å². The van der Waals surface area contributed by atoms with Gasteiger partial charge in [0.05, 0.1) is 10.9 Å². The van der Waals surface area contributed by atoms with Gasteiger partial charge in [0.25, 0.3) is 0 Å². The first-order chi connectivity index (χ1) is 14.4. The van der Waals surface area contributed by atoms with E-state index in [-0.39, 0.29) is 16.9 Å². The highest BCUT2D eigenvalue weighted by molar-refractivity contribution is 8.00. The maximum atomic E-state index is 12.9. The number of carbonyl (C=O) groups excluding carboxylic acids is 2. The highest BCUT2D eigenvalue weighted by Gasteiger charge is 2.20. The zero-order chi connectivity index (χ0) is 21.7. The molecule has 1 aromatic heterocycles. The van der Waals surface area contributed by atoms with Gasteiger partial charge < -0.3 is 5.32 Å². The average molecular weight is 423 g/mol. The van der Waals surface area contributed by atoms with Crippen molar-refractivity contribution in [2.75, 3.05) is 5.32 Å². The van der Waals surface area contributed by atoms with E-state index in [0.717, 1.165) is 17.7 Å². The zero-order valence-electron chi connectivity index (χ0n) is 17.7. The second-order valence-corrected chi connectivity index (χ2v) is 8.58. The van der Waals surface area contributed by atoms with E-state index in [0.29, 0.717) is 22.8 Å². The number of Topliss-reactive ketones (excluding diaryl/α,β-unsaturated/α-hetero) is 1. The topological polar surface area (TPSA) is 76.9 Å². The summed E-state index contributed by atoms with van der Waals surface area (Å²) in [5.74, 6) is -0.0205. The van der Waals surface area contributed by atoms with Crippen molar-refractivity contribution >= 4 is 29.1 Å². The number of nitrogens with one attached hydrogen (secondary N) is 1. The molecule has 7 heteroatoms. The molecule has 1 amide bonds. The molecule has 1 atom stereocenters. The van der Waals surface area contributed by atoms with Crippen molar-refractivity contribution in [3.05, 3.63) is 65.5 Å². The first kappa shape index (κ1) is 21.8. The van der Waals surface area contributed by atoms with Crippen molar-refractivity contribution in [2.45, 2.75) is 50.9 Å². The first-order valence-corrected chi connectivity index (χ1v) is 10.9. The van der Waals surface area contributed by atoms with Gasteiger partial charge in [-0.05, 0) is 63.1 Å². The molecule has 0 spiro atoms. The van der Waals surface area contributed by atoms with Crippen LogP contribution in [-0.2, 0) is 4.79 Å². The van der Waals surface area contributed by atoms with Gasteiger partial charge in [0.15, 0.2) is 10.9 Å². The van der Waals surface area contributed by atoms with E-state index >= 15 is 0 Å². The Morgan fingerprint density at radius 3 is 2.53 bits per heavy atom. The molecule has 2 aromatic carbocycles. The lowest BCUT2D eigenvalue weighted by Gasteiger charge is -2.13. The third kappa shape index (κ3) is 5.16. The maximum absolute atomic E-state index is 12.9. The second kappa shape index (κ2) is 9.71. The van der Waals surface area contributed by atoms with E-state index in [9.17, 15) is 9.59 Å². The van der Waals surface area contributed by atoms with Gasteiger partial charge in [0.2, 0.25) is 5.91 Å². The fraction of sp³-hybridized carbons (Fsp3) is 0.304. The molecule has 0 saturated heterocycles. The van der Waals surface area contributed by atoms with Crippen LogP contribution >= 0.6 is 11.8 Å². The summed E-state index contributed by atoms with van der Waals surface area (Å²) >= 11 is 1.38. The number of amides is 1. The Bertz CT molecular complexity index is 1040. The van der Waals surface area contributed by atoms with Crippen LogP contribution in [0.15, 0.2) is 53.9 Å². The summed E-state index contributed by atoms with van der Waals surface area (Å²) in [4.78, 5) is 24.6. The number of nitrogens with zero attached hydrogens (tertiary/aromatic N) is 3. The number of ketones is 1. The number of benzene rings is 2. The number of anilines is 1. The van der Waals surface area contributed by atoms with Crippen LogP contribution < -0.4 is 5.32 Å². The van der Waals surface area contributed by atoms with E-state index in [1.807, 2.05) is 37.5 Å². The normalized spacial score (nSPS) is 11.9. The minimum atomic E-state index is -0.334. The molecule has 0 saturated carbocycles. The number of rotatable bonds is 8. The number of aromatic nitrogens is 3. The number of aryl methyl sites for hydroxylation is 2. The summed E-state index contributed by atoms with van der Waals surface area (Å²) in [6.07, 6.45) is 2.95. The number of thioether (sulfide) groups is 1. The fourth-order valence-corrected chi connectivity index (χ4v) is 4.07. The Morgan fingerprint density at radius 1 is 1.13 bits per heavy atom. The molecule has 0 aliphatic carbocycles. The van der Waals surface area contributed by atoms with E-state index in [2.05, 4.69) is 28.5 Å². The van der Waals surface area contributed by atoms with Crippen LogP contribution in [0, 0.1) is 13.8 Å². The van der Waals surface area contributed by atoms with Crippen LogP contribution in [0.1, 0.15) is 48.2 Å². The molecule has 0 fully saturated rings. The summed E-state index contributed by atoms with van der Waals surface area (Å²) in [5.41, 5.74) is 4.61. The lowest BCUT2D eigenvalue weighted by atomic mass is 10.1. The molecule has 1 N–H and O–H groups in total. The van der Waals surface area contributed by atoms with Crippen molar-refractivity contribution in [3.8, 4) is 5.69 Å². The lowest BCUT2D eigenvalue weighted by Crippen LogP contribution is -2.15. The van der Waals surface area contributed by atoms with Gasteiger partial charge in [-0.2, -0.15) is 0 Å². The van der Waals surface area contributed by atoms with E-state index in [1.165, 1.54) is 17.3 Å². The predicted octanol–water partition coefficient (Wildman–Crippen LogP) is 4.99. The van der Waals surface area contributed by atoms with Crippen LogP contribution in [0.4, 0.5) is 5.69 Å². The third-order valence-corrected chi connectivity index (χ3v) is 5.77. The Labute approximate surface area is 181 Å². The summed E-state index contributed by atoms with van der Waals surface area (Å²) in [7, 11) is 0. The van der Waals surface area contributed by atoms with Crippen molar-refractivity contribution in [1.29, 1.82) is 0 Å². The molecule has 6 nitrogen and oxygen atoms in total. The van der Waals surface area contributed by atoms with Gasteiger partial charge in [-0.25, -0.2) is 0 Å². The average Bonchev–Trinajstić information content (AvgIpc) is 3.16. The van der Waals surface area contributed by atoms with Crippen LogP contribution in [0.25, 0.3) is 5.69 Å². The van der Waals surface area contributed by atoms with Crippen LogP contribution in [0.3, 0.4) is 0 Å². The summed E-state index contributed by atoms with van der Waals surface area (Å²) in [6, 6.07) is 13.2. The predicted molar refractivity (Wildman–Crippen MR) is 120 cm³/mol. The zero-order valence-corrected chi connectivity index (χ0v) is 18.5. The quantitative estimate of drug-likeness (QED) is 0.409. The Kier molecular flexibility index (Phi) is 7.05. The van der Waals surface area contributed by atoms with Crippen molar-refractivity contribution in [3.63, 3.8) is 0 Å². The first-order valence-electron chi connectivity index (χ1n) is 9.97. The standard InChI is InChI=1S/C23H26N4O2S/c1-5-6-21(28)25-19-10-8-18(9-11-19)22(29)17(4)30-23-26-24-14-27(23)20-12-7-15(2)13-16(20)3/h7-14,17H,5-6H2,1-4H3,(H,25,28). The van der Waals surface area contributed by atoms with Gasteiger partial charge in [-0.1, -0.05) is 36.4 Å². The summed E-state index contributed by atoms with van der Waals surface area (Å²) in [5, 5.41) is 11.4. The highest BCUT2D eigenvalue weighted by atomic mass is 32.2. The minimum Gasteiger partial charge on any atom is -0.326 e. The highest BCUT2D eigenvalue weighted by Crippen LogP contribution is 2.27. The Hall–Kier alpha value is -2.93. The van der Waals surface area contributed by atoms with Gasteiger partial charge >= 0.3 is 0 Å². The molecule has 0 bridgehead atoms. The molecule has 3 aromatic rings. The molecule has 30 heavy (non-hydrogen) atoms. The SMILES string of the molecule is CCCC(=O)Nc1ccc(C(=O)C(C)Sc2nncn2-c2ccc(C)cc2C)cc1. The van der Waals surface area contributed by atoms with Gasteiger partial charge in [0.1, 0.15) is 6.33 Å². The number of hydrogen-bond acceptors (Lipinski definition) is 5. The molecule has 0 aliphatic rings. The van der Waals surface area contributed by atoms with Gasteiger partial charge in [-0.3, -0.25) is 14.2 Å². The fourth-order valence-electron chi connectivity index (χ4n) is 3.16. The number of hydrogen-bond donors (Lipinski definition) is 1. The lowest BCUT2D eigenvalue weighted by molar-refractivity contribution is -0.116. The maximum Gasteiger partial charge on any atom is 0.224 e. The largest absolute Gasteiger partial charge is 0.326 e. The molecule has 0 radical (unpaired) electrons. The third-order valence-electron chi connectivity index (χ3n) is 4.71. The van der Waals surface area contributed by atoms with E-state index < -0.39 is 0 Å². The van der Waals surface area contributed by atoms with Crippen molar-refractivity contribution in [1.82, 2.24) is 14.8 Å². The van der Waals surface area contributed by atoms with Gasteiger partial charge in [-0.15, -0.1) is 10.2 Å². The Balaban J connectivity index is 1.71.